The van der Waals surface area contributed by atoms with Crippen LogP contribution in [-0.2, 0) is 21.4 Å². The van der Waals surface area contributed by atoms with Crippen molar-refractivity contribution in [1.82, 2.24) is 14.6 Å². The number of thiazole rings is 1. The van der Waals surface area contributed by atoms with E-state index in [2.05, 4.69) is 35.9 Å². The molecule has 2 N–H and O–H groups in total. The molecule has 3 rings (SSSR count). The number of hydrogen-bond acceptors (Lipinski definition) is 6. The Morgan fingerprint density at radius 1 is 1.25 bits per heavy atom. The van der Waals surface area contributed by atoms with Crippen LogP contribution in [0.2, 0.25) is 0 Å². The van der Waals surface area contributed by atoms with Gasteiger partial charge in [-0.05, 0) is 44.1 Å². The van der Waals surface area contributed by atoms with Crippen molar-refractivity contribution in [3.8, 4) is 0 Å². The van der Waals surface area contributed by atoms with Gasteiger partial charge in [-0.2, -0.15) is 0 Å². The van der Waals surface area contributed by atoms with Crippen LogP contribution in [0.25, 0.3) is 0 Å². The summed E-state index contributed by atoms with van der Waals surface area (Å²) in [6.07, 6.45) is 3.78. The van der Waals surface area contributed by atoms with E-state index < -0.39 is 10.0 Å². The minimum atomic E-state index is -3.64. The maximum atomic E-state index is 12.2. The number of nitrogens with zero attached hydrogens (tertiary/aromatic N) is 2. The summed E-state index contributed by atoms with van der Waals surface area (Å²) in [7, 11) is -3.64. The van der Waals surface area contributed by atoms with E-state index in [4.69, 9.17) is 0 Å². The second-order valence-electron chi connectivity index (χ2n) is 6.63. The summed E-state index contributed by atoms with van der Waals surface area (Å²) in [4.78, 5) is 19.1. The van der Waals surface area contributed by atoms with Crippen LogP contribution in [-0.4, -0.2) is 43.8 Å². The van der Waals surface area contributed by atoms with Gasteiger partial charge in [-0.25, -0.2) is 18.1 Å². The van der Waals surface area contributed by atoms with Crippen molar-refractivity contribution >= 4 is 48.3 Å². The molecule has 152 valence electrons. The molecular formula is C18H23BrN4O3S2. The first-order chi connectivity index (χ1) is 13.4. The summed E-state index contributed by atoms with van der Waals surface area (Å²) in [6.45, 7) is 3.01. The Morgan fingerprint density at radius 3 is 2.79 bits per heavy atom. The number of benzene rings is 1. The Hall–Kier alpha value is -1.33. The van der Waals surface area contributed by atoms with E-state index in [9.17, 15) is 13.2 Å². The van der Waals surface area contributed by atoms with Gasteiger partial charge in [0.05, 0.1) is 10.6 Å². The summed E-state index contributed by atoms with van der Waals surface area (Å²) >= 11 is 4.64. The molecule has 0 spiro atoms. The average Bonchev–Trinajstić information content (AvgIpc) is 3.09. The molecule has 28 heavy (non-hydrogen) atoms. The van der Waals surface area contributed by atoms with Crippen LogP contribution in [0.4, 0.5) is 5.13 Å². The minimum Gasteiger partial charge on any atom is -0.302 e. The molecule has 1 aromatic heterocycles. The zero-order valence-corrected chi connectivity index (χ0v) is 18.6. The molecule has 2 heterocycles. The number of carbonyl (C=O) groups excluding carboxylic acids is 1. The van der Waals surface area contributed by atoms with Gasteiger partial charge in [-0.3, -0.25) is 9.69 Å². The molecule has 1 aliphatic heterocycles. The van der Waals surface area contributed by atoms with Crippen molar-refractivity contribution in [2.45, 2.75) is 37.1 Å². The summed E-state index contributed by atoms with van der Waals surface area (Å²) in [5, 5.41) is 5.25. The first-order valence-corrected chi connectivity index (χ1v) is 12.3. The number of piperidine rings is 1. The predicted molar refractivity (Wildman–Crippen MR) is 114 cm³/mol. The number of halogens is 1. The zero-order chi connectivity index (χ0) is 20.0. The maximum Gasteiger partial charge on any atom is 0.240 e. The van der Waals surface area contributed by atoms with E-state index in [1.54, 1.807) is 12.1 Å². The van der Waals surface area contributed by atoms with Gasteiger partial charge in [-0.15, -0.1) is 11.3 Å². The van der Waals surface area contributed by atoms with Gasteiger partial charge in [0.15, 0.2) is 5.13 Å². The largest absolute Gasteiger partial charge is 0.302 e. The van der Waals surface area contributed by atoms with E-state index in [0.717, 1.165) is 25.3 Å². The van der Waals surface area contributed by atoms with E-state index in [0.29, 0.717) is 9.60 Å². The Balaban J connectivity index is 1.44. The lowest BCUT2D eigenvalue weighted by Gasteiger charge is -2.25. The first kappa shape index (κ1) is 21.4. The molecule has 0 aliphatic carbocycles. The fourth-order valence-corrected chi connectivity index (χ4v) is 5.33. The summed E-state index contributed by atoms with van der Waals surface area (Å²) in [5.41, 5.74) is 0.956. The van der Waals surface area contributed by atoms with Crippen LogP contribution in [0.15, 0.2) is 39.0 Å². The van der Waals surface area contributed by atoms with Crippen molar-refractivity contribution in [1.29, 1.82) is 0 Å². The van der Waals surface area contributed by atoms with Crippen molar-refractivity contribution in [3.63, 3.8) is 0 Å². The third-order valence-electron chi connectivity index (χ3n) is 4.38. The molecule has 0 unspecified atom stereocenters. The van der Waals surface area contributed by atoms with Crippen molar-refractivity contribution in [3.05, 3.63) is 39.8 Å². The molecule has 10 heteroatoms. The van der Waals surface area contributed by atoms with Crippen molar-refractivity contribution in [2.24, 2.45) is 0 Å². The highest BCUT2D eigenvalue weighted by Crippen LogP contribution is 2.19. The van der Waals surface area contributed by atoms with E-state index in [1.165, 1.54) is 42.7 Å². The Labute approximate surface area is 177 Å². The van der Waals surface area contributed by atoms with Crippen LogP contribution in [0.5, 0.6) is 0 Å². The topological polar surface area (TPSA) is 91.4 Å². The number of likely N-dealkylation sites (tertiary alicyclic amines) is 1. The molecule has 2 aromatic rings. The number of anilines is 1. The summed E-state index contributed by atoms with van der Waals surface area (Å²) in [6, 6.07) is 6.42. The lowest BCUT2D eigenvalue weighted by Crippen LogP contribution is -2.29. The van der Waals surface area contributed by atoms with Gasteiger partial charge in [0.1, 0.15) is 0 Å². The second-order valence-corrected chi connectivity index (χ2v) is 10.2. The van der Waals surface area contributed by atoms with Gasteiger partial charge >= 0.3 is 0 Å². The van der Waals surface area contributed by atoms with E-state index in [1.807, 2.05) is 5.38 Å². The number of aromatic nitrogens is 1. The predicted octanol–water partition coefficient (Wildman–Crippen LogP) is 3.20. The van der Waals surface area contributed by atoms with Crippen molar-refractivity contribution < 1.29 is 13.2 Å². The molecule has 0 saturated carbocycles. The van der Waals surface area contributed by atoms with Gasteiger partial charge < -0.3 is 5.32 Å². The molecular weight excluding hydrogens is 464 g/mol. The summed E-state index contributed by atoms with van der Waals surface area (Å²) < 4.78 is 27.6. The monoisotopic (exact) mass is 486 g/mol. The Morgan fingerprint density at radius 2 is 2.04 bits per heavy atom. The second kappa shape index (κ2) is 9.93. The van der Waals surface area contributed by atoms with Crippen LogP contribution >= 0.6 is 27.3 Å². The fourth-order valence-electron chi connectivity index (χ4n) is 2.98. The zero-order valence-electron chi connectivity index (χ0n) is 15.4. The number of amides is 1. The standard InChI is InChI=1S/C18H23BrN4O3S2/c19-14-5-4-6-16(11-14)28(25,26)20-8-7-17(24)22-18-21-15(13-27-18)12-23-9-2-1-3-10-23/h4-6,11,13,20H,1-3,7-10,12H2,(H,21,22,24). The molecule has 7 nitrogen and oxygen atoms in total. The van der Waals surface area contributed by atoms with Crippen LogP contribution < -0.4 is 10.0 Å². The van der Waals surface area contributed by atoms with Gasteiger partial charge in [-0.1, -0.05) is 28.4 Å². The first-order valence-electron chi connectivity index (χ1n) is 9.14. The average molecular weight is 487 g/mol. The highest BCUT2D eigenvalue weighted by molar-refractivity contribution is 9.10. The van der Waals surface area contributed by atoms with E-state index >= 15 is 0 Å². The number of rotatable bonds is 8. The molecule has 1 fully saturated rings. The van der Waals surface area contributed by atoms with Gasteiger partial charge in [0.25, 0.3) is 0 Å². The van der Waals surface area contributed by atoms with Crippen LogP contribution in [0.3, 0.4) is 0 Å². The molecule has 1 aromatic carbocycles. The fraction of sp³-hybridized carbons (Fsp3) is 0.444. The number of carbonyl (C=O) groups is 1. The third-order valence-corrected chi connectivity index (χ3v) is 7.14. The highest BCUT2D eigenvalue weighted by Gasteiger charge is 2.16. The Kier molecular flexibility index (Phi) is 7.58. The highest BCUT2D eigenvalue weighted by atomic mass is 79.9. The molecule has 1 aliphatic rings. The lowest BCUT2D eigenvalue weighted by atomic mass is 10.1. The van der Waals surface area contributed by atoms with Crippen molar-refractivity contribution in [2.75, 3.05) is 25.0 Å². The molecule has 0 atom stereocenters. The molecule has 0 bridgehead atoms. The quantitative estimate of drug-likeness (QED) is 0.597. The molecule has 1 amide bonds. The third kappa shape index (κ3) is 6.35. The normalized spacial score (nSPS) is 15.5. The lowest BCUT2D eigenvalue weighted by molar-refractivity contribution is -0.116. The number of sulfonamides is 1. The summed E-state index contributed by atoms with van der Waals surface area (Å²) in [5.74, 6) is -0.268. The number of hydrogen-bond donors (Lipinski definition) is 2. The Bertz CT molecular complexity index is 911. The smallest absolute Gasteiger partial charge is 0.240 e. The molecule has 1 saturated heterocycles. The minimum absolute atomic E-state index is 0.0205. The van der Waals surface area contributed by atoms with Gasteiger partial charge in [0.2, 0.25) is 15.9 Å². The maximum absolute atomic E-state index is 12.2. The van der Waals surface area contributed by atoms with Gasteiger partial charge in [0, 0.05) is 29.4 Å². The van der Waals surface area contributed by atoms with E-state index in [-0.39, 0.29) is 23.8 Å². The molecule has 0 radical (unpaired) electrons. The van der Waals surface area contributed by atoms with Crippen LogP contribution in [0.1, 0.15) is 31.4 Å². The number of nitrogens with one attached hydrogen (secondary N) is 2. The SMILES string of the molecule is O=C(CCNS(=O)(=O)c1cccc(Br)c1)Nc1nc(CN2CCCCC2)cs1. The van der Waals surface area contributed by atoms with Crippen LogP contribution in [0, 0.1) is 0 Å².